The van der Waals surface area contributed by atoms with Crippen LogP contribution in [-0.2, 0) is 9.53 Å². The molecule has 18 heavy (non-hydrogen) atoms. The molecular formula is C14H26N2O2. The lowest BCUT2D eigenvalue weighted by atomic mass is 9.92. The molecule has 0 atom stereocenters. The van der Waals surface area contributed by atoms with Gasteiger partial charge in [-0.05, 0) is 38.3 Å². The van der Waals surface area contributed by atoms with Gasteiger partial charge in [-0.1, -0.05) is 0 Å². The maximum atomic E-state index is 10.4. The molecule has 104 valence electrons. The summed E-state index contributed by atoms with van der Waals surface area (Å²) in [5.41, 5.74) is 0. The predicted molar refractivity (Wildman–Crippen MR) is 71.7 cm³/mol. The zero-order valence-electron chi connectivity index (χ0n) is 11.4. The number of hydrogen-bond acceptors (Lipinski definition) is 4. The second kappa shape index (κ2) is 7.87. The molecule has 4 nitrogen and oxygen atoms in total. The van der Waals surface area contributed by atoms with Crippen LogP contribution in [0.1, 0.15) is 25.7 Å². The highest BCUT2D eigenvalue weighted by atomic mass is 16.5. The summed E-state index contributed by atoms with van der Waals surface area (Å²) >= 11 is 0. The average molecular weight is 254 g/mol. The molecule has 2 heterocycles. The summed E-state index contributed by atoms with van der Waals surface area (Å²) in [4.78, 5) is 15.4. The molecule has 2 rings (SSSR count). The summed E-state index contributed by atoms with van der Waals surface area (Å²) < 4.78 is 5.36. The van der Waals surface area contributed by atoms with Gasteiger partial charge >= 0.3 is 0 Å². The molecule has 0 spiro atoms. The van der Waals surface area contributed by atoms with E-state index in [1.54, 1.807) is 0 Å². The number of carbonyl (C=O) groups excluding carboxylic acids is 1. The van der Waals surface area contributed by atoms with Gasteiger partial charge in [0.2, 0.25) is 0 Å². The van der Waals surface area contributed by atoms with Crippen LogP contribution in [0.3, 0.4) is 0 Å². The van der Waals surface area contributed by atoms with Gasteiger partial charge in [-0.2, -0.15) is 0 Å². The number of aldehydes is 1. The summed E-state index contributed by atoms with van der Waals surface area (Å²) in [5.74, 6) is 0.787. The third-order valence-corrected chi connectivity index (χ3v) is 4.24. The number of morpholine rings is 1. The van der Waals surface area contributed by atoms with E-state index in [9.17, 15) is 4.79 Å². The van der Waals surface area contributed by atoms with Crippen molar-refractivity contribution in [3.8, 4) is 0 Å². The molecule has 2 aliphatic rings. The van der Waals surface area contributed by atoms with Crippen LogP contribution in [-0.4, -0.2) is 68.6 Å². The summed E-state index contributed by atoms with van der Waals surface area (Å²) in [6, 6.07) is 0. The van der Waals surface area contributed by atoms with Crippen molar-refractivity contribution in [1.29, 1.82) is 0 Å². The molecular weight excluding hydrogens is 228 g/mol. The van der Waals surface area contributed by atoms with E-state index in [1.165, 1.54) is 39.0 Å². The lowest BCUT2D eigenvalue weighted by molar-refractivity contribution is -0.108. The number of nitrogens with zero attached hydrogens (tertiary/aromatic N) is 2. The topological polar surface area (TPSA) is 32.8 Å². The van der Waals surface area contributed by atoms with E-state index in [4.69, 9.17) is 4.74 Å². The quantitative estimate of drug-likeness (QED) is 0.662. The highest BCUT2D eigenvalue weighted by Crippen LogP contribution is 2.21. The van der Waals surface area contributed by atoms with Crippen LogP contribution < -0.4 is 0 Å². The van der Waals surface area contributed by atoms with E-state index in [2.05, 4.69) is 9.80 Å². The van der Waals surface area contributed by atoms with Crippen molar-refractivity contribution in [2.24, 2.45) is 5.92 Å². The fraction of sp³-hybridized carbons (Fsp3) is 0.929. The third-order valence-electron chi connectivity index (χ3n) is 4.24. The smallest absolute Gasteiger partial charge is 0.120 e. The first-order valence-electron chi connectivity index (χ1n) is 7.34. The van der Waals surface area contributed by atoms with Gasteiger partial charge in [0.15, 0.2) is 0 Å². The molecule has 2 fully saturated rings. The Morgan fingerprint density at radius 2 is 1.61 bits per heavy atom. The molecule has 0 N–H and O–H groups in total. The van der Waals surface area contributed by atoms with Gasteiger partial charge in [0, 0.05) is 32.6 Å². The molecule has 0 unspecified atom stereocenters. The van der Waals surface area contributed by atoms with Gasteiger partial charge in [-0.25, -0.2) is 0 Å². The van der Waals surface area contributed by atoms with Crippen molar-refractivity contribution in [3.63, 3.8) is 0 Å². The van der Waals surface area contributed by atoms with Gasteiger partial charge < -0.3 is 14.4 Å². The lowest BCUT2D eigenvalue weighted by Crippen LogP contribution is -2.43. The van der Waals surface area contributed by atoms with Gasteiger partial charge in [0.05, 0.1) is 13.2 Å². The van der Waals surface area contributed by atoms with Gasteiger partial charge in [0.25, 0.3) is 0 Å². The Hall–Kier alpha value is -0.450. The molecule has 0 aromatic heterocycles. The van der Waals surface area contributed by atoms with Crippen LogP contribution >= 0.6 is 0 Å². The average Bonchev–Trinajstić information content (AvgIpc) is 2.45. The maximum Gasteiger partial charge on any atom is 0.120 e. The molecule has 0 aromatic rings. The maximum absolute atomic E-state index is 10.4. The van der Waals surface area contributed by atoms with Crippen LogP contribution in [0.2, 0.25) is 0 Å². The SMILES string of the molecule is O=CCCC1CCN(CCN2CCOCC2)CC1. The monoisotopic (exact) mass is 254 g/mol. The number of carbonyl (C=O) groups is 1. The number of piperidine rings is 1. The van der Waals surface area contributed by atoms with Crippen molar-refractivity contribution in [2.75, 3.05) is 52.5 Å². The first-order valence-corrected chi connectivity index (χ1v) is 7.34. The zero-order valence-corrected chi connectivity index (χ0v) is 11.4. The normalized spacial score (nSPS) is 24.2. The summed E-state index contributed by atoms with van der Waals surface area (Å²) in [6.45, 7) is 8.79. The number of likely N-dealkylation sites (tertiary alicyclic amines) is 1. The predicted octanol–water partition coefficient (Wildman–Crippen LogP) is 1.01. The highest BCUT2D eigenvalue weighted by molar-refractivity contribution is 5.49. The van der Waals surface area contributed by atoms with Crippen molar-refractivity contribution in [1.82, 2.24) is 9.80 Å². The van der Waals surface area contributed by atoms with Gasteiger partial charge in [0.1, 0.15) is 6.29 Å². The summed E-state index contributed by atoms with van der Waals surface area (Å²) in [6.07, 6.45) is 5.46. The summed E-state index contributed by atoms with van der Waals surface area (Å²) in [7, 11) is 0. The van der Waals surface area contributed by atoms with Crippen molar-refractivity contribution >= 4 is 6.29 Å². The highest BCUT2D eigenvalue weighted by Gasteiger charge is 2.19. The Balaban J connectivity index is 1.56. The minimum absolute atomic E-state index is 0.748. The van der Waals surface area contributed by atoms with E-state index in [0.29, 0.717) is 0 Å². The second-order valence-corrected chi connectivity index (χ2v) is 5.48. The van der Waals surface area contributed by atoms with Crippen molar-refractivity contribution in [3.05, 3.63) is 0 Å². The number of rotatable bonds is 6. The number of ether oxygens (including phenoxy) is 1. The fourth-order valence-electron chi connectivity index (χ4n) is 2.91. The Morgan fingerprint density at radius 1 is 1.00 bits per heavy atom. The van der Waals surface area contributed by atoms with Crippen molar-refractivity contribution in [2.45, 2.75) is 25.7 Å². The largest absolute Gasteiger partial charge is 0.379 e. The lowest BCUT2D eigenvalue weighted by Gasteiger charge is -2.34. The third kappa shape index (κ3) is 4.67. The molecule has 0 aliphatic carbocycles. The molecule has 2 saturated heterocycles. The molecule has 0 amide bonds. The fourth-order valence-corrected chi connectivity index (χ4v) is 2.91. The van der Waals surface area contributed by atoms with Crippen LogP contribution in [0.15, 0.2) is 0 Å². The molecule has 2 aliphatic heterocycles. The molecule has 0 aromatic carbocycles. The molecule has 0 saturated carbocycles. The van der Waals surface area contributed by atoms with Gasteiger partial charge in [-0.3, -0.25) is 4.90 Å². The molecule has 0 radical (unpaired) electrons. The van der Waals surface area contributed by atoms with Crippen LogP contribution in [0, 0.1) is 5.92 Å². The zero-order chi connectivity index (χ0) is 12.6. The second-order valence-electron chi connectivity index (χ2n) is 5.48. The van der Waals surface area contributed by atoms with E-state index in [0.717, 1.165) is 51.3 Å². The summed E-state index contributed by atoms with van der Waals surface area (Å²) in [5, 5.41) is 0. The first kappa shape index (κ1) is 14.0. The van der Waals surface area contributed by atoms with Gasteiger partial charge in [-0.15, -0.1) is 0 Å². The molecule has 0 bridgehead atoms. The van der Waals surface area contributed by atoms with E-state index in [-0.39, 0.29) is 0 Å². The van der Waals surface area contributed by atoms with E-state index >= 15 is 0 Å². The standard InChI is InChI=1S/C14H26N2O2/c17-11-1-2-14-3-5-15(6-4-14)7-8-16-9-12-18-13-10-16/h11,14H,1-10,12-13H2. The first-order chi connectivity index (χ1) is 8.88. The van der Waals surface area contributed by atoms with Crippen molar-refractivity contribution < 1.29 is 9.53 Å². The minimum Gasteiger partial charge on any atom is -0.379 e. The Bertz CT molecular complexity index is 234. The van der Waals surface area contributed by atoms with Crippen LogP contribution in [0.4, 0.5) is 0 Å². The minimum atomic E-state index is 0.748. The van der Waals surface area contributed by atoms with E-state index in [1.807, 2.05) is 0 Å². The van der Waals surface area contributed by atoms with E-state index < -0.39 is 0 Å². The number of hydrogen-bond donors (Lipinski definition) is 0. The Labute approximate surface area is 110 Å². The Kier molecular flexibility index (Phi) is 6.11. The molecule has 4 heteroatoms. The van der Waals surface area contributed by atoms with Crippen LogP contribution in [0.25, 0.3) is 0 Å². The Morgan fingerprint density at radius 3 is 2.22 bits per heavy atom. The van der Waals surface area contributed by atoms with Crippen LogP contribution in [0.5, 0.6) is 0 Å².